The predicted molar refractivity (Wildman–Crippen MR) is 69.9 cm³/mol. The van der Waals surface area contributed by atoms with Gasteiger partial charge in [0.15, 0.2) is 0 Å². The average Bonchev–Trinajstić information content (AvgIpc) is 2.80. The van der Waals surface area contributed by atoms with Gasteiger partial charge in [-0.15, -0.1) is 0 Å². The van der Waals surface area contributed by atoms with Gasteiger partial charge in [0.2, 0.25) is 0 Å². The summed E-state index contributed by atoms with van der Waals surface area (Å²) in [7, 11) is 0. The predicted octanol–water partition coefficient (Wildman–Crippen LogP) is 3.39. The van der Waals surface area contributed by atoms with E-state index in [9.17, 15) is 10.1 Å². The molecule has 1 fully saturated rings. The lowest BCUT2D eigenvalue weighted by molar-refractivity contribution is -0.385. The van der Waals surface area contributed by atoms with Crippen LogP contribution in [0.1, 0.15) is 31.2 Å². The maximum absolute atomic E-state index is 10.8. The second kappa shape index (κ2) is 5.60. The third-order valence-electron chi connectivity index (χ3n) is 3.19. The minimum absolute atomic E-state index is 0.135. The molecule has 2 rings (SSSR count). The van der Waals surface area contributed by atoms with E-state index < -0.39 is 0 Å². The van der Waals surface area contributed by atoms with E-state index in [0.29, 0.717) is 17.1 Å². The first-order valence-corrected chi connectivity index (χ1v) is 6.63. The third-order valence-corrected chi connectivity index (χ3v) is 4.11. The number of nitrogens with zero attached hydrogens (tertiary/aromatic N) is 1. The first-order chi connectivity index (χ1) is 8.18. The Bertz CT molecular complexity index is 417. The van der Waals surface area contributed by atoms with Crippen molar-refractivity contribution in [1.29, 1.82) is 0 Å². The van der Waals surface area contributed by atoms with Crippen LogP contribution in [0.5, 0.6) is 0 Å². The molecule has 0 spiro atoms. The average molecular weight is 299 g/mol. The molecule has 4 nitrogen and oxygen atoms in total. The summed E-state index contributed by atoms with van der Waals surface area (Å²) < 4.78 is 0.593. The fraction of sp³-hybridized carbons (Fsp3) is 0.500. The molecule has 0 atom stereocenters. The highest BCUT2D eigenvalue weighted by atomic mass is 79.9. The molecule has 0 unspecified atom stereocenters. The van der Waals surface area contributed by atoms with Gasteiger partial charge < -0.3 is 5.32 Å². The summed E-state index contributed by atoms with van der Waals surface area (Å²) in [5.41, 5.74) is 1.09. The highest BCUT2D eigenvalue weighted by Gasteiger charge is 2.17. The van der Waals surface area contributed by atoms with Crippen LogP contribution in [-0.4, -0.2) is 11.0 Å². The first kappa shape index (κ1) is 12.5. The number of hydrogen-bond donors (Lipinski definition) is 1. The molecular formula is C12H15BrN2O2. The Morgan fingerprint density at radius 2 is 2.12 bits per heavy atom. The Kier molecular flexibility index (Phi) is 4.12. The molecule has 5 heteroatoms. The van der Waals surface area contributed by atoms with E-state index >= 15 is 0 Å². The van der Waals surface area contributed by atoms with Crippen molar-refractivity contribution in [3.8, 4) is 0 Å². The van der Waals surface area contributed by atoms with Crippen molar-refractivity contribution >= 4 is 21.6 Å². The molecule has 17 heavy (non-hydrogen) atoms. The van der Waals surface area contributed by atoms with Gasteiger partial charge in [0.1, 0.15) is 0 Å². The Labute approximate surface area is 109 Å². The molecule has 1 saturated carbocycles. The molecule has 0 radical (unpaired) electrons. The normalized spacial score (nSPS) is 16.3. The lowest BCUT2D eigenvalue weighted by Gasteiger charge is -2.12. The molecule has 1 aromatic carbocycles. The fourth-order valence-corrected chi connectivity index (χ4v) is 2.78. The van der Waals surface area contributed by atoms with Crippen molar-refractivity contribution in [3.05, 3.63) is 38.3 Å². The van der Waals surface area contributed by atoms with Crippen molar-refractivity contribution in [2.75, 3.05) is 0 Å². The molecule has 0 bridgehead atoms. The zero-order chi connectivity index (χ0) is 12.3. The van der Waals surface area contributed by atoms with Crippen LogP contribution in [0.25, 0.3) is 0 Å². The summed E-state index contributed by atoms with van der Waals surface area (Å²) in [6.45, 7) is 0.687. The highest BCUT2D eigenvalue weighted by Crippen LogP contribution is 2.28. The first-order valence-electron chi connectivity index (χ1n) is 5.83. The van der Waals surface area contributed by atoms with E-state index in [1.807, 2.05) is 6.07 Å². The van der Waals surface area contributed by atoms with Crippen LogP contribution in [0, 0.1) is 10.1 Å². The SMILES string of the molecule is O=[N+]([O-])c1cccc(CNC2CCCC2)c1Br. The van der Waals surface area contributed by atoms with Crippen LogP contribution in [0.3, 0.4) is 0 Å². The van der Waals surface area contributed by atoms with Gasteiger partial charge in [-0.3, -0.25) is 10.1 Å². The van der Waals surface area contributed by atoms with Crippen LogP contribution in [0.4, 0.5) is 5.69 Å². The standard InChI is InChI=1S/C12H15BrN2O2/c13-12-9(4-3-7-11(12)15(16)17)8-14-10-5-1-2-6-10/h3-4,7,10,14H,1-2,5-6,8H2. The van der Waals surface area contributed by atoms with Gasteiger partial charge in [-0.05, 0) is 34.3 Å². The van der Waals surface area contributed by atoms with Crippen molar-refractivity contribution in [2.45, 2.75) is 38.3 Å². The summed E-state index contributed by atoms with van der Waals surface area (Å²) >= 11 is 3.31. The number of nitrogens with one attached hydrogen (secondary N) is 1. The largest absolute Gasteiger partial charge is 0.310 e. The molecule has 1 aliphatic carbocycles. The van der Waals surface area contributed by atoms with Crippen molar-refractivity contribution in [1.82, 2.24) is 5.32 Å². The molecule has 92 valence electrons. The Balaban J connectivity index is 2.04. The lowest BCUT2D eigenvalue weighted by atomic mass is 10.2. The summed E-state index contributed by atoms with van der Waals surface area (Å²) in [5, 5.41) is 14.2. The van der Waals surface area contributed by atoms with Crippen molar-refractivity contribution < 1.29 is 4.92 Å². The number of nitro groups is 1. The maximum atomic E-state index is 10.8. The second-order valence-corrected chi connectivity index (χ2v) is 5.16. The second-order valence-electron chi connectivity index (χ2n) is 4.37. The number of benzene rings is 1. The fourth-order valence-electron chi connectivity index (χ4n) is 2.23. The van der Waals surface area contributed by atoms with E-state index in [0.717, 1.165) is 5.56 Å². The van der Waals surface area contributed by atoms with Crippen LogP contribution >= 0.6 is 15.9 Å². The number of rotatable bonds is 4. The highest BCUT2D eigenvalue weighted by molar-refractivity contribution is 9.10. The molecule has 0 aromatic heterocycles. The molecule has 1 N–H and O–H groups in total. The van der Waals surface area contributed by atoms with E-state index in [1.165, 1.54) is 31.7 Å². The van der Waals surface area contributed by atoms with E-state index in [-0.39, 0.29) is 10.6 Å². The third kappa shape index (κ3) is 3.04. The summed E-state index contributed by atoms with van der Waals surface area (Å²) in [4.78, 5) is 10.4. The van der Waals surface area contributed by atoms with Gasteiger partial charge in [-0.1, -0.05) is 25.0 Å². The van der Waals surface area contributed by atoms with E-state index in [1.54, 1.807) is 6.07 Å². The van der Waals surface area contributed by atoms with Gasteiger partial charge in [-0.25, -0.2) is 0 Å². The molecule has 0 aliphatic heterocycles. The lowest BCUT2D eigenvalue weighted by Crippen LogP contribution is -2.25. The van der Waals surface area contributed by atoms with Gasteiger partial charge in [0.25, 0.3) is 5.69 Å². The minimum atomic E-state index is -0.358. The van der Waals surface area contributed by atoms with Gasteiger partial charge in [0.05, 0.1) is 9.40 Å². The summed E-state index contributed by atoms with van der Waals surface area (Å²) in [6, 6.07) is 5.73. The van der Waals surface area contributed by atoms with Crippen molar-refractivity contribution in [2.24, 2.45) is 0 Å². The van der Waals surface area contributed by atoms with Crippen LogP contribution in [0.15, 0.2) is 22.7 Å². The van der Waals surface area contributed by atoms with E-state index in [2.05, 4.69) is 21.2 Å². The summed E-state index contributed by atoms with van der Waals surface area (Å²) in [5.74, 6) is 0. The Hall–Kier alpha value is -0.940. The topological polar surface area (TPSA) is 55.2 Å². The van der Waals surface area contributed by atoms with Gasteiger partial charge >= 0.3 is 0 Å². The quantitative estimate of drug-likeness (QED) is 0.685. The smallest absolute Gasteiger partial charge is 0.283 e. The molecule has 0 heterocycles. The molecule has 0 saturated heterocycles. The molecule has 1 aliphatic rings. The van der Waals surface area contributed by atoms with E-state index in [4.69, 9.17) is 0 Å². The molecule has 0 amide bonds. The zero-order valence-electron chi connectivity index (χ0n) is 9.49. The van der Waals surface area contributed by atoms with Gasteiger partial charge in [-0.2, -0.15) is 0 Å². The van der Waals surface area contributed by atoms with Crippen LogP contribution < -0.4 is 5.32 Å². The maximum Gasteiger partial charge on any atom is 0.283 e. The molecular weight excluding hydrogens is 284 g/mol. The van der Waals surface area contributed by atoms with Crippen LogP contribution in [0.2, 0.25) is 0 Å². The number of nitro benzene ring substituents is 1. The minimum Gasteiger partial charge on any atom is -0.310 e. The zero-order valence-corrected chi connectivity index (χ0v) is 11.1. The number of halogens is 1. The van der Waals surface area contributed by atoms with Gasteiger partial charge in [0, 0.05) is 18.7 Å². The monoisotopic (exact) mass is 298 g/mol. The number of hydrogen-bond acceptors (Lipinski definition) is 3. The Morgan fingerprint density at radius 1 is 1.41 bits per heavy atom. The van der Waals surface area contributed by atoms with Crippen molar-refractivity contribution in [3.63, 3.8) is 0 Å². The Morgan fingerprint density at radius 3 is 2.76 bits per heavy atom. The van der Waals surface area contributed by atoms with Crippen LogP contribution in [-0.2, 0) is 6.54 Å². The summed E-state index contributed by atoms with van der Waals surface area (Å²) in [6.07, 6.45) is 5.00. The molecule has 1 aromatic rings.